The summed E-state index contributed by atoms with van der Waals surface area (Å²) >= 11 is 0. The third kappa shape index (κ3) is 3.58. The Morgan fingerprint density at radius 2 is 2.08 bits per heavy atom. The molecule has 0 radical (unpaired) electrons. The van der Waals surface area contributed by atoms with Crippen LogP contribution >= 0.6 is 0 Å². The van der Waals surface area contributed by atoms with Gasteiger partial charge in [-0.1, -0.05) is 18.2 Å². The van der Waals surface area contributed by atoms with Gasteiger partial charge in [0.05, 0.1) is 0 Å². The zero-order valence-electron chi connectivity index (χ0n) is 14.4. The predicted molar refractivity (Wildman–Crippen MR) is 100 cm³/mol. The number of carbonyl (C=O) groups excluding carboxylic acids is 1. The minimum Gasteiger partial charge on any atom is -0.368 e. The van der Waals surface area contributed by atoms with Crippen molar-refractivity contribution in [2.75, 3.05) is 30.3 Å². The van der Waals surface area contributed by atoms with E-state index in [1.165, 1.54) is 6.33 Å². The average Bonchev–Trinajstić information content (AvgIpc) is 3.25. The second-order valence-electron chi connectivity index (χ2n) is 6.26. The molecule has 3 aromatic rings. The first-order chi connectivity index (χ1) is 12.8. The predicted octanol–water partition coefficient (Wildman–Crippen LogP) is 2.52. The molecule has 134 valence electrons. The van der Waals surface area contributed by atoms with Gasteiger partial charge in [-0.15, -0.1) is 0 Å². The van der Waals surface area contributed by atoms with Crippen LogP contribution in [0.25, 0.3) is 11.2 Å². The fourth-order valence-electron chi connectivity index (χ4n) is 3.10. The summed E-state index contributed by atoms with van der Waals surface area (Å²) in [6.45, 7) is 2.39. The van der Waals surface area contributed by atoms with E-state index < -0.39 is 0 Å². The molecule has 8 heteroatoms. The molecule has 0 bridgehead atoms. The molecule has 8 nitrogen and oxygen atoms in total. The summed E-state index contributed by atoms with van der Waals surface area (Å²) in [7, 11) is 0. The van der Waals surface area contributed by atoms with Crippen LogP contribution in [0.2, 0.25) is 0 Å². The molecular formula is C18H21N7O. The quantitative estimate of drug-likeness (QED) is 0.566. The normalized spacial score (nSPS) is 14.2. The average molecular weight is 351 g/mol. The van der Waals surface area contributed by atoms with E-state index in [1.54, 1.807) is 0 Å². The number of carbonyl (C=O) groups is 1. The van der Waals surface area contributed by atoms with Crippen LogP contribution in [-0.4, -0.2) is 50.4 Å². The van der Waals surface area contributed by atoms with E-state index in [0.29, 0.717) is 18.0 Å². The largest absolute Gasteiger partial charge is 0.368 e. The van der Waals surface area contributed by atoms with Crippen LogP contribution in [0.5, 0.6) is 0 Å². The Balaban J connectivity index is 1.40. The maximum atomic E-state index is 11.6. The molecule has 2 aromatic heterocycles. The van der Waals surface area contributed by atoms with E-state index in [9.17, 15) is 4.79 Å². The van der Waals surface area contributed by atoms with E-state index in [1.807, 2.05) is 35.2 Å². The van der Waals surface area contributed by atoms with Gasteiger partial charge in [0.2, 0.25) is 11.9 Å². The van der Waals surface area contributed by atoms with E-state index in [-0.39, 0.29) is 5.91 Å². The molecule has 0 unspecified atom stereocenters. The highest BCUT2D eigenvalue weighted by atomic mass is 16.2. The SMILES string of the molecule is O=C1CCCN1CCCNc1ncnc2nc(Nc3ccccc3)[nH]c12. The zero-order chi connectivity index (χ0) is 17.8. The van der Waals surface area contributed by atoms with Crippen molar-refractivity contribution in [1.29, 1.82) is 0 Å². The number of amides is 1. The van der Waals surface area contributed by atoms with E-state index in [2.05, 4.69) is 30.6 Å². The summed E-state index contributed by atoms with van der Waals surface area (Å²) in [4.78, 5) is 29.8. The van der Waals surface area contributed by atoms with Gasteiger partial charge in [-0.25, -0.2) is 9.97 Å². The summed E-state index contributed by atoms with van der Waals surface area (Å²) in [5.74, 6) is 1.60. The number of nitrogens with zero attached hydrogens (tertiary/aromatic N) is 4. The number of imidazole rings is 1. The molecule has 0 saturated carbocycles. The third-order valence-corrected chi connectivity index (χ3v) is 4.39. The van der Waals surface area contributed by atoms with E-state index in [4.69, 9.17) is 0 Å². The molecular weight excluding hydrogens is 330 g/mol. The van der Waals surface area contributed by atoms with Crippen molar-refractivity contribution >= 4 is 34.5 Å². The number of aromatic nitrogens is 4. The maximum Gasteiger partial charge on any atom is 0.222 e. The molecule has 26 heavy (non-hydrogen) atoms. The first-order valence-corrected chi connectivity index (χ1v) is 8.84. The molecule has 1 saturated heterocycles. The molecule has 3 heterocycles. The zero-order valence-corrected chi connectivity index (χ0v) is 14.4. The number of rotatable bonds is 7. The summed E-state index contributed by atoms with van der Waals surface area (Å²) < 4.78 is 0. The Morgan fingerprint density at radius 1 is 1.19 bits per heavy atom. The summed E-state index contributed by atoms with van der Waals surface area (Å²) in [5.41, 5.74) is 2.32. The summed E-state index contributed by atoms with van der Waals surface area (Å²) in [6, 6.07) is 9.83. The Morgan fingerprint density at radius 3 is 2.88 bits per heavy atom. The molecule has 1 aliphatic rings. The number of nitrogens with one attached hydrogen (secondary N) is 3. The number of hydrogen-bond acceptors (Lipinski definition) is 6. The number of benzene rings is 1. The van der Waals surface area contributed by atoms with Crippen molar-refractivity contribution in [3.8, 4) is 0 Å². The second-order valence-corrected chi connectivity index (χ2v) is 6.26. The topological polar surface area (TPSA) is 98.8 Å². The third-order valence-electron chi connectivity index (χ3n) is 4.39. The van der Waals surface area contributed by atoms with Crippen LogP contribution in [0.3, 0.4) is 0 Å². The number of fused-ring (bicyclic) bond motifs is 1. The monoisotopic (exact) mass is 351 g/mol. The number of hydrogen-bond donors (Lipinski definition) is 3. The molecule has 1 aliphatic heterocycles. The van der Waals surface area contributed by atoms with Gasteiger partial charge in [-0.2, -0.15) is 4.98 Å². The first kappa shape index (κ1) is 16.3. The maximum absolute atomic E-state index is 11.6. The van der Waals surface area contributed by atoms with Crippen molar-refractivity contribution in [2.45, 2.75) is 19.3 Å². The molecule has 0 aliphatic carbocycles. The lowest BCUT2D eigenvalue weighted by Crippen LogP contribution is -2.27. The Bertz CT molecular complexity index is 893. The van der Waals surface area contributed by atoms with Gasteiger partial charge in [0, 0.05) is 31.7 Å². The molecule has 0 spiro atoms. The van der Waals surface area contributed by atoms with Crippen molar-refractivity contribution in [3.05, 3.63) is 36.7 Å². The van der Waals surface area contributed by atoms with Crippen LogP contribution in [0, 0.1) is 0 Å². The van der Waals surface area contributed by atoms with E-state index in [0.717, 1.165) is 49.5 Å². The fraction of sp³-hybridized carbons (Fsp3) is 0.333. The molecule has 3 N–H and O–H groups in total. The van der Waals surface area contributed by atoms with Crippen LogP contribution in [0.15, 0.2) is 36.7 Å². The highest BCUT2D eigenvalue weighted by molar-refractivity contribution is 5.84. The molecule has 1 aromatic carbocycles. The Kier molecular flexibility index (Phi) is 4.63. The van der Waals surface area contributed by atoms with Gasteiger partial charge in [-0.05, 0) is 25.0 Å². The van der Waals surface area contributed by atoms with Crippen molar-refractivity contribution in [3.63, 3.8) is 0 Å². The number of likely N-dealkylation sites (tertiary alicyclic amines) is 1. The highest BCUT2D eigenvalue weighted by Gasteiger charge is 2.19. The van der Waals surface area contributed by atoms with Gasteiger partial charge < -0.3 is 20.5 Å². The van der Waals surface area contributed by atoms with Gasteiger partial charge in [-0.3, -0.25) is 4.79 Å². The number of para-hydroxylation sites is 1. The Labute approximate surface area is 151 Å². The first-order valence-electron chi connectivity index (χ1n) is 8.84. The lowest BCUT2D eigenvalue weighted by Gasteiger charge is -2.15. The highest BCUT2D eigenvalue weighted by Crippen LogP contribution is 2.21. The smallest absolute Gasteiger partial charge is 0.222 e. The van der Waals surface area contributed by atoms with Gasteiger partial charge in [0.1, 0.15) is 11.8 Å². The van der Waals surface area contributed by atoms with E-state index >= 15 is 0 Å². The minimum absolute atomic E-state index is 0.264. The molecule has 0 atom stereocenters. The van der Waals surface area contributed by atoms with Crippen LogP contribution in [-0.2, 0) is 4.79 Å². The Hall–Kier alpha value is -3.16. The van der Waals surface area contributed by atoms with Crippen molar-refractivity contribution in [1.82, 2.24) is 24.8 Å². The number of aromatic amines is 1. The lowest BCUT2D eigenvalue weighted by molar-refractivity contribution is -0.127. The van der Waals surface area contributed by atoms with Crippen LogP contribution < -0.4 is 10.6 Å². The number of anilines is 3. The summed E-state index contributed by atoms with van der Waals surface area (Å²) in [6.07, 6.45) is 4.04. The van der Waals surface area contributed by atoms with Crippen molar-refractivity contribution < 1.29 is 4.79 Å². The second kappa shape index (κ2) is 7.38. The van der Waals surface area contributed by atoms with Crippen LogP contribution in [0.1, 0.15) is 19.3 Å². The molecule has 1 fully saturated rings. The van der Waals surface area contributed by atoms with Gasteiger partial charge >= 0.3 is 0 Å². The van der Waals surface area contributed by atoms with Gasteiger partial charge in [0.15, 0.2) is 11.5 Å². The van der Waals surface area contributed by atoms with Crippen LogP contribution in [0.4, 0.5) is 17.5 Å². The lowest BCUT2D eigenvalue weighted by atomic mass is 10.3. The minimum atomic E-state index is 0.264. The standard InChI is InChI=1S/C18H21N7O/c26-14-8-4-10-25(14)11-5-9-19-16-15-17(21-12-20-16)24-18(23-15)22-13-6-2-1-3-7-13/h1-3,6-7,12H,4-5,8-11H2,(H3,19,20,21,22,23,24). The van der Waals surface area contributed by atoms with Gasteiger partial charge in [0.25, 0.3) is 0 Å². The molecule has 4 rings (SSSR count). The fourth-order valence-corrected chi connectivity index (χ4v) is 3.10. The number of H-pyrrole nitrogens is 1. The van der Waals surface area contributed by atoms with Crippen molar-refractivity contribution in [2.24, 2.45) is 0 Å². The molecule has 1 amide bonds. The summed E-state index contributed by atoms with van der Waals surface area (Å²) in [5, 5.41) is 6.54.